The fraction of sp³-hybridized carbons (Fsp3) is 0.800. The molecule has 1 radical (unpaired) electrons. The molecular formula is C10H16ClO2. The van der Waals surface area contributed by atoms with Gasteiger partial charge in [0.05, 0.1) is 0 Å². The maximum Gasteiger partial charge on any atom is 0.221 e. The summed E-state index contributed by atoms with van der Waals surface area (Å²) < 4.78 is 0. The van der Waals surface area contributed by atoms with Crippen LogP contribution in [0.5, 0.6) is 0 Å². The lowest BCUT2D eigenvalue weighted by molar-refractivity contribution is -0.111. The van der Waals surface area contributed by atoms with Crippen LogP contribution < -0.4 is 0 Å². The van der Waals surface area contributed by atoms with Gasteiger partial charge in [-0.2, -0.15) is 0 Å². The van der Waals surface area contributed by atoms with Gasteiger partial charge in [-0.3, -0.25) is 9.59 Å². The lowest BCUT2D eigenvalue weighted by Gasteiger charge is -1.98. The van der Waals surface area contributed by atoms with E-state index in [1.807, 2.05) is 6.29 Å². The molecule has 0 saturated carbocycles. The fourth-order valence-corrected chi connectivity index (χ4v) is 1.30. The van der Waals surface area contributed by atoms with E-state index >= 15 is 0 Å². The van der Waals surface area contributed by atoms with Crippen LogP contribution in [0.15, 0.2) is 0 Å². The molecule has 13 heavy (non-hydrogen) atoms. The topological polar surface area (TPSA) is 34.1 Å². The maximum absolute atomic E-state index is 10.3. The maximum atomic E-state index is 10.3. The number of rotatable bonds is 9. The van der Waals surface area contributed by atoms with Crippen LogP contribution in [0, 0.1) is 0 Å². The molecule has 0 aliphatic carbocycles. The molecule has 0 atom stereocenters. The Bertz CT molecular complexity index is 146. The van der Waals surface area contributed by atoms with Crippen LogP contribution in [0.1, 0.15) is 51.4 Å². The van der Waals surface area contributed by atoms with Gasteiger partial charge in [-0.15, -0.1) is 0 Å². The van der Waals surface area contributed by atoms with Gasteiger partial charge in [-0.05, 0) is 24.4 Å². The number of carbonyl (C=O) groups excluding carboxylic acids is 2. The van der Waals surface area contributed by atoms with Crippen molar-refractivity contribution >= 4 is 23.1 Å². The van der Waals surface area contributed by atoms with E-state index in [-0.39, 0.29) is 5.24 Å². The van der Waals surface area contributed by atoms with E-state index in [4.69, 9.17) is 11.6 Å². The normalized spacial score (nSPS) is 9.92. The second-order valence-corrected chi connectivity index (χ2v) is 3.54. The van der Waals surface area contributed by atoms with Crippen molar-refractivity contribution in [2.45, 2.75) is 51.4 Å². The first-order valence-corrected chi connectivity index (χ1v) is 5.18. The molecule has 0 rings (SSSR count). The first-order valence-electron chi connectivity index (χ1n) is 4.80. The highest BCUT2D eigenvalue weighted by atomic mass is 35.5. The summed E-state index contributed by atoms with van der Waals surface area (Å²) in [5.74, 6) is 0. The van der Waals surface area contributed by atoms with Gasteiger partial charge in [-0.25, -0.2) is 0 Å². The Labute approximate surface area is 84.7 Å². The highest BCUT2D eigenvalue weighted by Gasteiger charge is 1.95. The molecule has 0 unspecified atom stereocenters. The molecule has 75 valence electrons. The van der Waals surface area contributed by atoms with Crippen molar-refractivity contribution < 1.29 is 9.59 Å². The minimum absolute atomic E-state index is 0.240. The van der Waals surface area contributed by atoms with Gasteiger partial charge in [0.1, 0.15) is 0 Å². The van der Waals surface area contributed by atoms with Crippen molar-refractivity contribution in [3.63, 3.8) is 0 Å². The highest BCUT2D eigenvalue weighted by molar-refractivity contribution is 6.63. The Morgan fingerprint density at radius 3 is 2.08 bits per heavy atom. The molecule has 0 N–H and O–H groups in total. The molecule has 0 heterocycles. The zero-order valence-corrected chi connectivity index (χ0v) is 8.61. The first kappa shape index (κ1) is 12.6. The Hall–Kier alpha value is -0.370. The van der Waals surface area contributed by atoms with Crippen LogP contribution in [-0.4, -0.2) is 11.5 Å². The van der Waals surface area contributed by atoms with E-state index < -0.39 is 0 Å². The Morgan fingerprint density at radius 2 is 1.54 bits per heavy atom. The number of halogens is 1. The molecule has 0 aliphatic rings. The van der Waals surface area contributed by atoms with E-state index in [0.717, 1.165) is 38.5 Å². The molecule has 0 amide bonds. The van der Waals surface area contributed by atoms with Gasteiger partial charge < -0.3 is 0 Å². The SMILES string of the molecule is O=[C]CCCCCCCCC(=O)Cl. The van der Waals surface area contributed by atoms with Crippen molar-refractivity contribution in [3.05, 3.63) is 0 Å². The summed E-state index contributed by atoms with van der Waals surface area (Å²) in [4.78, 5) is 20.2. The van der Waals surface area contributed by atoms with Gasteiger partial charge >= 0.3 is 0 Å². The van der Waals surface area contributed by atoms with Gasteiger partial charge in [0.2, 0.25) is 5.24 Å². The molecule has 0 spiro atoms. The van der Waals surface area contributed by atoms with E-state index in [1.54, 1.807) is 0 Å². The molecular weight excluding hydrogens is 188 g/mol. The predicted molar refractivity (Wildman–Crippen MR) is 53.5 cm³/mol. The van der Waals surface area contributed by atoms with Gasteiger partial charge in [0, 0.05) is 12.8 Å². The van der Waals surface area contributed by atoms with Crippen LogP contribution in [0.3, 0.4) is 0 Å². The second kappa shape index (κ2) is 9.72. The van der Waals surface area contributed by atoms with Crippen molar-refractivity contribution in [1.82, 2.24) is 0 Å². The summed E-state index contributed by atoms with van der Waals surface area (Å²) in [5, 5.41) is -0.240. The van der Waals surface area contributed by atoms with Gasteiger partial charge in [-0.1, -0.05) is 25.7 Å². The number of hydrogen-bond donors (Lipinski definition) is 0. The minimum atomic E-state index is -0.240. The van der Waals surface area contributed by atoms with Gasteiger partial charge in [0.25, 0.3) is 0 Å². The molecule has 0 bridgehead atoms. The van der Waals surface area contributed by atoms with Crippen LogP contribution in [-0.2, 0) is 9.59 Å². The van der Waals surface area contributed by atoms with E-state index in [9.17, 15) is 9.59 Å². The van der Waals surface area contributed by atoms with E-state index in [2.05, 4.69) is 0 Å². The Morgan fingerprint density at radius 1 is 1.00 bits per heavy atom. The second-order valence-electron chi connectivity index (χ2n) is 3.12. The minimum Gasteiger partial charge on any atom is -0.291 e. The van der Waals surface area contributed by atoms with Crippen LogP contribution in [0.25, 0.3) is 0 Å². The van der Waals surface area contributed by atoms with Crippen molar-refractivity contribution in [2.24, 2.45) is 0 Å². The van der Waals surface area contributed by atoms with Crippen LogP contribution >= 0.6 is 11.6 Å². The van der Waals surface area contributed by atoms with E-state index in [0.29, 0.717) is 12.8 Å². The molecule has 0 fully saturated rings. The lowest BCUT2D eigenvalue weighted by atomic mass is 10.1. The number of carbonyl (C=O) groups is 1. The number of unbranched alkanes of at least 4 members (excludes halogenated alkanes) is 6. The average molecular weight is 204 g/mol. The van der Waals surface area contributed by atoms with Gasteiger partial charge in [0.15, 0.2) is 6.29 Å². The molecule has 0 aliphatic heterocycles. The summed E-state index contributed by atoms with van der Waals surface area (Å²) in [6.07, 6.45) is 9.16. The molecule has 2 nitrogen and oxygen atoms in total. The van der Waals surface area contributed by atoms with Crippen molar-refractivity contribution in [2.75, 3.05) is 0 Å². The summed E-state index contributed by atoms with van der Waals surface area (Å²) in [6.45, 7) is 0. The highest BCUT2D eigenvalue weighted by Crippen LogP contribution is 2.08. The third kappa shape index (κ3) is 11.6. The average Bonchev–Trinajstić information content (AvgIpc) is 2.09. The van der Waals surface area contributed by atoms with Crippen molar-refractivity contribution in [3.8, 4) is 0 Å². The zero-order chi connectivity index (χ0) is 9.94. The van der Waals surface area contributed by atoms with E-state index in [1.165, 1.54) is 0 Å². The predicted octanol–water partition coefficient (Wildman–Crippen LogP) is 2.98. The third-order valence-electron chi connectivity index (χ3n) is 1.90. The monoisotopic (exact) mass is 203 g/mol. The Balaban J connectivity index is 2.91. The van der Waals surface area contributed by atoms with Crippen LogP contribution in [0.4, 0.5) is 0 Å². The molecule has 0 saturated heterocycles. The number of hydrogen-bond acceptors (Lipinski definition) is 2. The summed E-state index contributed by atoms with van der Waals surface area (Å²) in [6, 6.07) is 0. The molecule has 3 heteroatoms. The molecule has 0 aromatic carbocycles. The molecule has 0 aromatic heterocycles. The van der Waals surface area contributed by atoms with Crippen LogP contribution in [0.2, 0.25) is 0 Å². The fourth-order valence-electron chi connectivity index (χ4n) is 1.17. The van der Waals surface area contributed by atoms with Crippen molar-refractivity contribution in [1.29, 1.82) is 0 Å². The lowest BCUT2D eigenvalue weighted by Crippen LogP contribution is -1.86. The quantitative estimate of drug-likeness (QED) is 0.427. The summed E-state index contributed by atoms with van der Waals surface area (Å²) >= 11 is 5.18. The third-order valence-corrected chi connectivity index (χ3v) is 2.09. The first-order chi connectivity index (χ1) is 6.27. The summed E-state index contributed by atoms with van der Waals surface area (Å²) in [7, 11) is 0. The Kier molecular flexibility index (Phi) is 9.44. The summed E-state index contributed by atoms with van der Waals surface area (Å²) in [5.41, 5.74) is 0. The zero-order valence-electron chi connectivity index (χ0n) is 7.85. The largest absolute Gasteiger partial charge is 0.291 e. The standard InChI is InChI=1S/C10H16ClO2/c11-10(13)8-6-4-2-1-3-5-7-9-12/h1-8H2. The molecule has 0 aromatic rings. The smallest absolute Gasteiger partial charge is 0.221 e.